The molecule has 0 spiro atoms. The van der Waals surface area contributed by atoms with Crippen LogP contribution in [0.2, 0.25) is 0 Å². The van der Waals surface area contributed by atoms with Crippen LogP contribution in [0.15, 0.2) is 24.3 Å². The Labute approximate surface area is 155 Å². The highest BCUT2D eigenvalue weighted by Gasteiger charge is 2.28. The lowest BCUT2D eigenvalue weighted by Crippen LogP contribution is -2.21. The molecule has 0 saturated carbocycles. The summed E-state index contributed by atoms with van der Waals surface area (Å²) in [5, 5.41) is 3.27. The van der Waals surface area contributed by atoms with Crippen LogP contribution in [-0.4, -0.2) is 31.4 Å². The third kappa shape index (κ3) is 3.77. The van der Waals surface area contributed by atoms with Gasteiger partial charge in [0, 0.05) is 10.4 Å². The van der Waals surface area contributed by atoms with Crippen LogP contribution in [0.4, 0.5) is 5.00 Å². The van der Waals surface area contributed by atoms with Gasteiger partial charge in [-0.05, 0) is 56.0 Å². The average Bonchev–Trinajstić information content (AvgIpc) is 3.20. The number of ether oxygens (including phenoxy) is 2. The lowest BCUT2D eigenvalue weighted by Gasteiger charge is -2.09. The molecule has 1 amide bonds. The van der Waals surface area contributed by atoms with E-state index < -0.39 is 5.97 Å². The minimum Gasteiger partial charge on any atom is -0.484 e. The highest BCUT2D eigenvalue weighted by atomic mass is 32.1. The fourth-order valence-electron chi connectivity index (χ4n) is 2.91. The lowest BCUT2D eigenvalue weighted by atomic mass is 10.1. The van der Waals surface area contributed by atoms with E-state index in [1.807, 2.05) is 0 Å². The quantitative estimate of drug-likeness (QED) is 0.621. The molecule has 6 nitrogen and oxygen atoms in total. The highest BCUT2D eigenvalue weighted by Crippen LogP contribution is 2.39. The molecular formula is C19H19NO5S. The zero-order valence-electron chi connectivity index (χ0n) is 14.6. The first-order valence-corrected chi connectivity index (χ1v) is 9.07. The zero-order valence-corrected chi connectivity index (χ0v) is 15.4. The molecule has 1 aromatic carbocycles. The minimum atomic E-state index is -0.430. The molecule has 0 bridgehead atoms. The van der Waals surface area contributed by atoms with Gasteiger partial charge in [0.2, 0.25) is 0 Å². The van der Waals surface area contributed by atoms with Gasteiger partial charge in [-0.25, -0.2) is 4.79 Å². The van der Waals surface area contributed by atoms with Crippen molar-refractivity contribution in [3.8, 4) is 5.75 Å². The topological polar surface area (TPSA) is 81.7 Å². The number of methoxy groups -OCH3 is 1. The summed E-state index contributed by atoms with van der Waals surface area (Å²) >= 11 is 1.42. The first kappa shape index (κ1) is 18.1. The fourth-order valence-corrected chi connectivity index (χ4v) is 4.20. The summed E-state index contributed by atoms with van der Waals surface area (Å²) in [7, 11) is 1.33. The zero-order chi connectivity index (χ0) is 18.7. The van der Waals surface area contributed by atoms with Crippen molar-refractivity contribution in [3.05, 3.63) is 45.8 Å². The Morgan fingerprint density at radius 3 is 2.54 bits per heavy atom. The van der Waals surface area contributed by atoms with E-state index in [4.69, 9.17) is 9.47 Å². The lowest BCUT2D eigenvalue weighted by molar-refractivity contribution is -0.118. The van der Waals surface area contributed by atoms with Crippen molar-refractivity contribution in [1.82, 2.24) is 0 Å². The molecule has 0 aliphatic heterocycles. The normalized spacial score (nSPS) is 12.4. The van der Waals surface area contributed by atoms with Crippen LogP contribution in [-0.2, 0) is 22.4 Å². The van der Waals surface area contributed by atoms with Crippen molar-refractivity contribution >= 4 is 34.0 Å². The molecule has 1 N–H and O–H groups in total. The number of ketones is 1. The van der Waals surface area contributed by atoms with Crippen molar-refractivity contribution in [2.24, 2.45) is 0 Å². The van der Waals surface area contributed by atoms with Gasteiger partial charge < -0.3 is 14.8 Å². The number of Topliss-reactive ketones (excluding diaryl/α,β-unsaturated/α-hetero) is 1. The summed E-state index contributed by atoms with van der Waals surface area (Å²) in [6.45, 7) is 1.29. The number of amides is 1. The SMILES string of the molecule is COC(=O)c1c(NC(=O)COc2ccc(C(C)=O)cc2)sc2c1CCC2. The molecule has 1 heterocycles. The molecular weight excluding hydrogens is 354 g/mol. The summed E-state index contributed by atoms with van der Waals surface area (Å²) in [6, 6.07) is 6.58. The molecule has 0 fully saturated rings. The molecule has 1 aromatic heterocycles. The maximum absolute atomic E-state index is 12.2. The van der Waals surface area contributed by atoms with Crippen LogP contribution >= 0.6 is 11.3 Å². The number of anilines is 1. The number of rotatable bonds is 6. The molecule has 0 radical (unpaired) electrons. The molecule has 0 saturated heterocycles. The van der Waals surface area contributed by atoms with Crippen LogP contribution < -0.4 is 10.1 Å². The number of carbonyl (C=O) groups is 3. The minimum absolute atomic E-state index is 0.0321. The van der Waals surface area contributed by atoms with E-state index in [-0.39, 0.29) is 18.3 Å². The van der Waals surface area contributed by atoms with Gasteiger partial charge >= 0.3 is 5.97 Å². The second kappa shape index (κ2) is 7.70. The van der Waals surface area contributed by atoms with Gasteiger partial charge in [0.1, 0.15) is 10.8 Å². The predicted molar refractivity (Wildman–Crippen MR) is 98.3 cm³/mol. The number of thiophene rings is 1. The van der Waals surface area contributed by atoms with E-state index in [1.165, 1.54) is 25.4 Å². The smallest absolute Gasteiger partial charge is 0.341 e. The Bertz CT molecular complexity index is 854. The van der Waals surface area contributed by atoms with Gasteiger partial charge in [-0.2, -0.15) is 0 Å². The molecule has 7 heteroatoms. The second-order valence-corrected chi connectivity index (χ2v) is 7.08. The van der Waals surface area contributed by atoms with Crippen LogP contribution in [0.5, 0.6) is 5.75 Å². The molecule has 3 rings (SSSR count). The Morgan fingerprint density at radius 1 is 1.15 bits per heavy atom. The number of benzene rings is 1. The summed E-state index contributed by atoms with van der Waals surface area (Å²) in [5.41, 5.74) is 2.03. The van der Waals surface area contributed by atoms with Crippen LogP contribution in [0, 0.1) is 0 Å². The molecule has 1 aliphatic carbocycles. The third-order valence-corrected chi connectivity index (χ3v) is 5.40. The van der Waals surface area contributed by atoms with Gasteiger partial charge in [-0.15, -0.1) is 11.3 Å². The van der Waals surface area contributed by atoms with Crippen molar-refractivity contribution in [1.29, 1.82) is 0 Å². The van der Waals surface area contributed by atoms with Crippen LogP contribution in [0.25, 0.3) is 0 Å². The van der Waals surface area contributed by atoms with Gasteiger partial charge in [0.05, 0.1) is 12.7 Å². The first-order chi connectivity index (χ1) is 12.5. The predicted octanol–water partition coefficient (Wildman–Crippen LogP) is 3.24. The summed E-state index contributed by atoms with van der Waals surface area (Å²) in [5.74, 6) is -0.325. The highest BCUT2D eigenvalue weighted by molar-refractivity contribution is 7.17. The fraction of sp³-hybridized carbons (Fsp3) is 0.316. The number of hydrogen-bond acceptors (Lipinski definition) is 6. The number of aryl methyl sites for hydroxylation is 1. The van der Waals surface area contributed by atoms with Crippen molar-refractivity contribution < 1.29 is 23.9 Å². The second-order valence-electron chi connectivity index (χ2n) is 5.97. The Kier molecular flexibility index (Phi) is 5.37. The molecule has 136 valence electrons. The summed E-state index contributed by atoms with van der Waals surface area (Å²) < 4.78 is 10.3. The molecule has 1 aliphatic rings. The van der Waals surface area contributed by atoms with Gasteiger partial charge in [-0.1, -0.05) is 0 Å². The Hall–Kier alpha value is -2.67. The van der Waals surface area contributed by atoms with Gasteiger partial charge in [-0.3, -0.25) is 9.59 Å². The van der Waals surface area contributed by atoms with E-state index in [0.29, 0.717) is 21.9 Å². The summed E-state index contributed by atoms with van der Waals surface area (Å²) in [4.78, 5) is 36.7. The standard InChI is InChI=1S/C19H19NO5S/c1-11(21)12-6-8-13(9-7-12)25-10-16(22)20-18-17(19(23)24-2)14-4-3-5-15(14)26-18/h6-9H,3-5,10H2,1-2H3,(H,20,22). The maximum atomic E-state index is 12.2. The average molecular weight is 373 g/mol. The first-order valence-electron chi connectivity index (χ1n) is 8.26. The number of hydrogen-bond donors (Lipinski definition) is 1. The van der Waals surface area contributed by atoms with Crippen molar-refractivity contribution in [2.75, 3.05) is 19.0 Å². The third-order valence-electron chi connectivity index (χ3n) is 4.19. The number of nitrogens with one attached hydrogen (secondary N) is 1. The van der Waals surface area contributed by atoms with Gasteiger partial charge in [0.25, 0.3) is 5.91 Å². The molecule has 2 aromatic rings. The van der Waals surface area contributed by atoms with E-state index in [9.17, 15) is 14.4 Å². The monoisotopic (exact) mass is 373 g/mol. The number of carbonyl (C=O) groups excluding carboxylic acids is 3. The molecule has 26 heavy (non-hydrogen) atoms. The Morgan fingerprint density at radius 2 is 1.88 bits per heavy atom. The van der Waals surface area contributed by atoms with E-state index in [1.54, 1.807) is 24.3 Å². The van der Waals surface area contributed by atoms with Crippen molar-refractivity contribution in [3.63, 3.8) is 0 Å². The molecule has 0 unspecified atom stereocenters. The van der Waals surface area contributed by atoms with Crippen molar-refractivity contribution in [2.45, 2.75) is 26.2 Å². The number of esters is 1. The van der Waals surface area contributed by atoms with Crippen LogP contribution in [0.1, 0.15) is 44.5 Å². The number of fused-ring (bicyclic) bond motifs is 1. The van der Waals surface area contributed by atoms with E-state index in [0.717, 1.165) is 29.7 Å². The maximum Gasteiger partial charge on any atom is 0.341 e. The van der Waals surface area contributed by atoms with Crippen LogP contribution in [0.3, 0.4) is 0 Å². The summed E-state index contributed by atoms with van der Waals surface area (Å²) in [6.07, 6.45) is 2.75. The van der Waals surface area contributed by atoms with Gasteiger partial charge in [0.15, 0.2) is 12.4 Å². The van der Waals surface area contributed by atoms with E-state index in [2.05, 4.69) is 5.32 Å². The molecule has 0 atom stereocenters. The van der Waals surface area contributed by atoms with E-state index >= 15 is 0 Å². The Balaban J connectivity index is 1.65. The largest absolute Gasteiger partial charge is 0.484 e.